The minimum atomic E-state index is -0.525. The molecule has 1 amide bonds. The molecule has 2 unspecified atom stereocenters. The number of hydrogen-bond donors (Lipinski definition) is 1. The van der Waals surface area contributed by atoms with Gasteiger partial charge < -0.3 is 10.5 Å². The van der Waals surface area contributed by atoms with E-state index in [1.54, 1.807) is 34.6 Å². The number of primary amides is 1. The summed E-state index contributed by atoms with van der Waals surface area (Å²) in [5, 5.41) is 0. The fraction of sp³-hybridized carbons (Fsp3) is 0.833. The van der Waals surface area contributed by atoms with E-state index in [9.17, 15) is 9.59 Å². The molecule has 0 saturated carbocycles. The van der Waals surface area contributed by atoms with Gasteiger partial charge in [-0.3, -0.25) is 9.59 Å². The van der Waals surface area contributed by atoms with Gasteiger partial charge in [-0.25, -0.2) is 0 Å². The van der Waals surface area contributed by atoms with Crippen molar-refractivity contribution >= 4 is 11.9 Å². The molecule has 4 heteroatoms. The second-order valence-corrected chi connectivity index (χ2v) is 4.51. The molecule has 0 aliphatic rings. The first-order chi connectivity index (χ1) is 7.15. The van der Waals surface area contributed by atoms with E-state index >= 15 is 0 Å². The lowest BCUT2D eigenvalue weighted by Gasteiger charge is -2.23. The van der Waals surface area contributed by atoms with Crippen LogP contribution in [0.4, 0.5) is 0 Å². The van der Waals surface area contributed by atoms with Crippen LogP contribution < -0.4 is 5.73 Å². The average Bonchev–Trinajstić information content (AvgIpc) is 2.15. The monoisotopic (exact) mass is 231 g/mol. The number of hydrogen-bond acceptors (Lipinski definition) is 3. The van der Waals surface area contributed by atoms with Crippen molar-refractivity contribution in [1.29, 1.82) is 0 Å². The number of ether oxygens (including phenoxy) is 1. The van der Waals surface area contributed by atoms with Gasteiger partial charge in [0.2, 0.25) is 5.91 Å². The SMILES string of the molecule is CC.CC(C(N)=O)C(C)C(=O)OC(C)(C)C. The van der Waals surface area contributed by atoms with Crippen molar-refractivity contribution in [1.82, 2.24) is 0 Å². The molecule has 0 aliphatic carbocycles. The Kier molecular flexibility index (Phi) is 7.86. The summed E-state index contributed by atoms with van der Waals surface area (Å²) < 4.78 is 5.12. The van der Waals surface area contributed by atoms with Gasteiger partial charge in [-0.1, -0.05) is 27.7 Å². The molecule has 0 saturated heterocycles. The van der Waals surface area contributed by atoms with Crippen LogP contribution in [0, 0.1) is 11.8 Å². The lowest BCUT2D eigenvalue weighted by molar-refractivity contribution is -0.162. The third kappa shape index (κ3) is 7.26. The third-order valence-electron chi connectivity index (χ3n) is 1.98. The summed E-state index contributed by atoms with van der Waals surface area (Å²) >= 11 is 0. The van der Waals surface area contributed by atoms with Crippen molar-refractivity contribution in [2.75, 3.05) is 0 Å². The van der Waals surface area contributed by atoms with Gasteiger partial charge in [-0.2, -0.15) is 0 Å². The van der Waals surface area contributed by atoms with E-state index in [0.29, 0.717) is 0 Å². The number of rotatable bonds is 3. The predicted molar refractivity (Wildman–Crippen MR) is 64.7 cm³/mol. The van der Waals surface area contributed by atoms with Gasteiger partial charge in [0.1, 0.15) is 5.60 Å². The molecule has 96 valence electrons. The Hall–Kier alpha value is -1.06. The fourth-order valence-corrected chi connectivity index (χ4v) is 0.845. The number of esters is 1. The molecule has 2 N–H and O–H groups in total. The van der Waals surface area contributed by atoms with Gasteiger partial charge in [-0.15, -0.1) is 0 Å². The summed E-state index contributed by atoms with van der Waals surface area (Å²) in [5.74, 6) is -1.86. The molecule has 0 bridgehead atoms. The van der Waals surface area contributed by atoms with Crippen molar-refractivity contribution in [2.24, 2.45) is 17.6 Å². The van der Waals surface area contributed by atoms with E-state index in [2.05, 4.69) is 0 Å². The zero-order valence-electron chi connectivity index (χ0n) is 11.5. The first-order valence-corrected chi connectivity index (χ1v) is 5.67. The van der Waals surface area contributed by atoms with E-state index in [-0.39, 0.29) is 5.97 Å². The largest absolute Gasteiger partial charge is 0.460 e. The summed E-state index contributed by atoms with van der Waals surface area (Å²) in [6, 6.07) is 0. The van der Waals surface area contributed by atoms with Crippen LogP contribution in [0.15, 0.2) is 0 Å². The Balaban J connectivity index is 0. The summed E-state index contributed by atoms with van der Waals surface area (Å²) in [5.41, 5.74) is 4.57. The predicted octanol–water partition coefficient (Wildman–Crippen LogP) is 2.11. The van der Waals surface area contributed by atoms with Crippen molar-refractivity contribution in [3.8, 4) is 0 Å². The van der Waals surface area contributed by atoms with Crippen LogP contribution in [0.3, 0.4) is 0 Å². The standard InChI is InChI=1S/C10H19NO3.C2H6/c1-6(8(11)12)7(2)9(13)14-10(3,4)5;1-2/h6-7H,1-5H3,(H2,11,12);1-2H3. The molecular formula is C12H25NO3. The molecule has 4 nitrogen and oxygen atoms in total. The number of amides is 1. The van der Waals surface area contributed by atoms with Crippen LogP contribution in [0.1, 0.15) is 48.5 Å². The number of nitrogens with two attached hydrogens (primary N) is 1. The topological polar surface area (TPSA) is 69.4 Å². The molecular weight excluding hydrogens is 206 g/mol. The summed E-state index contributed by atoms with van der Waals surface area (Å²) in [4.78, 5) is 22.3. The normalized spacial score (nSPS) is 14.2. The van der Waals surface area contributed by atoms with Gasteiger partial charge in [0, 0.05) is 5.92 Å². The zero-order chi connectivity index (χ0) is 13.5. The summed E-state index contributed by atoms with van der Waals surface area (Å²) in [6.07, 6.45) is 0. The number of carbonyl (C=O) groups excluding carboxylic acids is 2. The van der Waals surface area contributed by atoms with Crippen molar-refractivity contribution in [2.45, 2.75) is 54.1 Å². The molecule has 16 heavy (non-hydrogen) atoms. The second kappa shape index (κ2) is 7.25. The van der Waals surface area contributed by atoms with Crippen LogP contribution in [-0.2, 0) is 14.3 Å². The maximum absolute atomic E-state index is 11.5. The van der Waals surface area contributed by atoms with Crippen LogP contribution in [0.25, 0.3) is 0 Å². The molecule has 0 heterocycles. The summed E-state index contributed by atoms with van der Waals surface area (Å²) in [7, 11) is 0. The fourth-order valence-electron chi connectivity index (χ4n) is 0.845. The molecule has 0 aromatic heterocycles. The Morgan fingerprint density at radius 2 is 1.44 bits per heavy atom. The summed E-state index contributed by atoms with van der Waals surface area (Å²) in [6.45, 7) is 12.6. The molecule has 2 atom stereocenters. The maximum Gasteiger partial charge on any atom is 0.309 e. The Morgan fingerprint density at radius 1 is 1.06 bits per heavy atom. The van der Waals surface area contributed by atoms with E-state index in [0.717, 1.165) is 0 Å². The van der Waals surface area contributed by atoms with Crippen LogP contribution in [0.2, 0.25) is 0 Å². The van der Waals surface area contributed by atoms with Crippen LogP contribution in [0.5, 0.6) is 0 Å². The van der Waals surface area contributed by atoms with E-state index in [1.807, 2.05) is 13.8 Å². The lowest BCUT2D eigenvalue weighted by Crippen LogP contribution is -2.35. The van der Waals surface area contributed by atoms with Gasteiger partial charge in [0.25, 0.3) is 0 Å². The van der Waals surface area contributed by atoms with Crippen molar-refractivity contribution in [3.05, 3.63) is 0 Å². The lowest BCUT2D eigenvalue weighted by atomic mass is 9.95. The van der Waals surface area contributed by atoms with Crippen molar-refractivity contribution in [3.63, 3.8) is 0 Å². The van der Waals surface area contributed by atoms with Crippen molar-refractivity contribution < 1.29 is 14.3 Å². The molecule has 0 aromatic rings. The Morgan fingerprint density at radius 3 is 1.69 bits per heavy atom. The highest BCUT2D eigenvalue weighted by Gasteiger charge is 2.28. The van der Waals surface area contributed by atoms with Crippen LogP contribution >= 0.6 is 0 Å². The second-order valence-electron chi connectivity index (χ2n) is 4.51. The van der Waals surface area contributed by atoms with Gasteiger partial charge >= 0.3 is 5.97 Å². The molecule has 0 aliphatic heterocycles. The smallest absolute Gasteiger partial charge is 0.309 e. The minimum absolute atomic E-state index is 0.385. The molecule has 0 rings (SSSR count). The first-order valence-electron chi connectivity index (χ1n) is 5.67. The molecule has 0 radical (unpaired) electrons. The number of carbonyl (C=O) groups is 2. The van der Waals surface area contributed by atoms with E-state index in [4.69, 9.17) is 10.5 Å². The van der Waals surface area contributed by atoms with Crippen LogP contribution in [-0.4, -0.2) is 17.5 Å². The van der Waals surface area contributed by atoms with E-state index < -0.39 is 23.3 Å². The molecule has 0 aromatic carbocycles. The Bertz CT molecular complexity index is 231. The Labute approximate surface area is 98.5 Å². The maximum atomic E-state index is 11.5. The quantitative estimate of drug-likeness (QED) is 0.756. The minimum Gasteiger partial charge on any atom is -0.460 e. The van der Waals surface area contributed by atoms with Gasteiger partial charge in [0.15, 0.2) is 0 Å². The molecule has 0 fully saturated rings. The highest BCUT2D eigenvalue weighted by Crippen LogP contribution is 2.16. The van der Waals surface area contributed by atoms with E-state index in [1.165, 1.54) is 0 Å². The third-order valence-corrected chi connectivity index (χ3v) is 1.98. The molecule has 0 spiro atoms. The highest BCUT2D eigenvalue weighted by atomic mass is 16.6. The first kappa shape index (κ1) is 17.3. The highest BCUT2D eigenvalue weighted by molar-refractivity contribution is 5.83. The average molecular weight is 231 g/mol. The van der Waals surface area contributed by atoms with Gasteiger partial charge in [0.05, 0.1) is 5.92 Å². The zero-order valence-corrected chi connectivity index (χ0v) is 11.5. The van der Waals surface area contributed by atoms with Gasteiger partial charge in [-0.05, 0) is 20.8 Å².